The summed E-state index contributed by atoms with van der Waals surface area (Å²) in [6.07, 6.45) is 0. The molecule has 18 heavy (non-hydrogen) atoms. The van der Waals surface area contributed by atoms with E-state index in [0.717, 1.165) is 13.1 Å². The molecule has 0 radical (unpaired) electrons. The minimum absolute atomic E-state index is 0. The lowest BCUT2D eigenvalue weighted by Gasteiger charge is -2.27. The first-order valence-electron chi connectivity index (χ1n) is 5.60. The Labute approximate surface area is 111 Å². The number of hydrogen-bond acceptors (Lipinski definition) is 3. The predicted octanol–water partition coefficient (Wildman–Crippen LogP) is 0.962. The zero-order chi connectivity index (χ0) is 12.1. The molecule has 1 heterocycles. The molecule has 1 aliphatic rings. The molecule has 0 bridgehead atoms. The number of carbonyl (C=O) groups excluding carboxylic acids is 1. The van der Waals surface area contributed by atoms with E-state index >= 15 is 0 Å². The van der Waals surface area contributed by atoms with Gasteiger partial charge in [-0.2, -0.15) is 0 Å². The number of halogens is 2. The minimum atomic E-state index is -0.372. The molecule has 1 fully saturated rings. The van der Waals surface area contributed by atoms with Crippen molar-refractivity contribution < 1.29 is 13.9 Å². The van der Waals surface area contributed by atoms with Crippen molar-refractivity contribution >= 4 is 18.3 Å². The average molecular weight is 275 g/mol. The molecule has 0 atom stereocenters. The lowest BCUT2D eigenvalue weighted by atomic mass is 10.0. The van der Waals surface area contributed by atoms with Crippen molar-refractivity contribution in [2.24, 2.45) is 5.92 Å². The van der Waals surface area contributed by atoms with E-state index in [0.29, 0.717) is 18.2 Å². The summed E-state index contributed by atoms with van der Waals surface area (Å²) >= 11 is 0. The smallest absolute Gasteiger partial charge is 0.257 e. The molecule has 100 valence electrons. The van der Waals surface area contributed by atoms with Crippen LogP contribution in [-0.2, 0) is 4.79 Å². The first-order valence-corrected chi connectivity index (χ1v) is 5.60. The van der Waals surface area contributed by atoms with Crippen molar-refractivity contribution in [1.29, 1.82) is 0 Å². The van der Waals surface area contributed by atoms with Gasteiger partial charge in [0, 0.05) is 31.6 Å². The highest BCUT2D eigenvalue weighted by molar-refractivity contribution is 5.85. The van der Waals surface area contributed by atoms with Gasteiger partial charge in [0.2, 0.25) is 0 Å². The Morgan fingerprint density at radius 3 is 2.89 bits per heavy atom. The highest BCUT2D eigenvalue weighted by atomic mass is 35.5. The Morgan fingerprint density at radius 2 is 2.28 bits per heavy atom. The van der Waals surface area contributed by atoms with Gasteiger partial charge in [0.15, 0.2) is 6.61 Å². The summed E-state index contributed by atoms with van der Waals surface area (Å²) in [6, 6.07) is 5.74. The van der Waals surface area contributed by atoms with Crippen LogP contribution in [-0.4, -0.2) is 32.1 Å². The molecule has 4 nitrogen and oxygen atoms in total. The Balaban J connectivity index is 0.00000162. The highest BCUT2D eigenvalue weighted by Crippen LogP contribution is 2.11. The molecule has 1 aromatic rings. The van der Waals surface area contributed by atoms with Gasteiger partial charge in [0.05, 0.1) is 0 Å². The first kappa shape index (κ1) is 14.7. The summed E-state index contributed by atoms with van der Waals surface area (Å²) in [5.74, 6) is 0.336. The van der Waals surface area contributed by atoms with E-state index in [1.165, 1.54) is 12.1 Å². The average Bonchev–Trinajstić information content (AvgIpc) is 2.24. The van der Waals surface area contributed by atoms with Crippen LogP contribution in [0, 0.1) is 11.7 Å². The van der Waals surface area contributed by atoms with E-state index in [9.17, 15) is 9.18 Å². The van der Waals surface area contributed by atoms with Crippen LogP contribution in [0.1, 0.15) is 0 Å². The molecule has 0 aromatic heterocycles. The largest absolute Gasteiger partial charge is 0.484 e. The van der Waals surface area contributed by atoms with Crippen molar-refractivity contribution in [1.82, 2.24) is 10.6 Å². The molecule has 0 spiro atoms. The van der Waals surface area contributed by atoms with Crippen molar-refractivity contribution in [2.45, 2.75) is 0 Å². The van der Waals surface area contributed by atoms with Crippen LogP contribution in [0.25, 0.3) is 0 Å². The summed E-state index contributed by atoms with van der Waals surface area (Å²) in [7, 11) is 0. The Bertz CT molecular complexity index is 399. The Morgan fingerprint density at radius 1 is 1.50 bits per heavy atom. The molecule has 1 aliphatic heterocycles. The second-order valence-electron chi connectivity index (χ2n) is 4.07. The zero-order valence-electron chi connectivity index (χ0n) is 9.82. The van der Waals surface area contributed by atoms with Gasteiger partial charge in [-0.05, 0) is 12.1 Å². The van der Waals surface area contributed by atoms with Crippen molar-refractivity contribution in [3.05, 3.63) is 30.1 Å². The number of rotatable bonds is 5. The summed E-state index contributed by atoms with van der Waals surface area (Å²) in [5, 5.41) is 5.90. The highest BCUT2D eigenvalue weighted by Gasteiger charge is 2.17. The van der Waals surface area contributed by atoms with Gasteiger partial charge in [0.25, 0.3) is 5.91 Å². The number of amides is 1. The molecule has 0 unspecified atom stereocenters. The fourth-order valence-electron chi connectivity index (χ4n) is 1.51. The summed E-state index contributed by atoms with van der Waals surface area (Å²) in [6.45, 7) is 2.48. The molecular weight excluding hydrogens is 259 g/mol. The van der Waals surface area contributed by atoms with Gasteiger partial charge in [-0.1, -0.05) is 6.07 Å². The maximum Gasteiger partial charge on any atom is 0.257 e. The third-order valence-corrected chi connectivity index (χ3v) is 2.62. The van der Waals surface area contributed by atoms with Crippen molar-refractivity contribution in [3.8, 4) is 5.75 Å². The zero-order valence-corrected chi connectivity index (χ0v) is 10.6. The second kappa shape index (κ2) is 7.18. The summed E-state index contributed by atoms with van der Waals surface area (Å²) in [5.41, 5.74) is 0. The fourth-order valence-corrected chi connectivity index (χ4v) is 1.51. The molecule has 2 rings (SSSR count). The first-order chi connectivity index (χ1) is 8.24. The Hall–Kier alpha value is -1.33. The predicted molar refractivity (Wildman–Crippen MR) is 68.5 cm³/mol. The van der Waals surface area contributed by atoms with E-state index in [4.69, 9.17) is 4.74 Å². The van der Waals surface area contributed by atoms with Gasteiger partial charge in [0.1, 0.15) is 11.6 Å². The Kier molecular flexibility index (Phi) is 5.88. The van der Waals surface area contributed by atoms with Crippen LogP contribution in [0.2, 0.25) is 0 Å². The standard InChI is InChI=1S/C12H15FN2O2.ClH/c13-10-2-1-3-11(4-10)17-8-12(16)15-7-9-5-14-6-9;/h1-4,9,14H,5-8H2,(H,15,16);1H. The number of carbonyl (C=O) groups is 1. The molecule has 0 aliphatic carbocycles. The second-order valence-corrected chi connectivity index (χ2v) is 4.07. The van der Waals surface area contributed by atoms with Gasteiger partial charge in [-0.25, -0.2) is 4.39 Å². The van der Waals surface area contributed by atoms with Crippen molar-refractivity contribution in [2.75, 3.05) is 26.2 Å². The maximum atomic E-state index is 12.8. The third kappa shape index (κ3) is 4.50. The maximum absolute atomic E-state index is 12.8. The van der Waals surface area contributed by atoms with Crippen LogP contribution in [0.3, 0.4) is 0 Å². The minimum Gasteiger partial charge on any atom is -0.484 e. The van der Waals surface area contributed by atoms with Crippen LogP contribution in [0.15, 0.2) is 24.3 Å². The normalized spacial score (nSPS) is 14.3. The van der Waals surface area contributed by atoms with Gasteiger partial charge in [-0.3, -0.25) is 4.79 Å². The third-order valence-electron chi connectivity index (χ3n) is 2.62. The van der Waals surface area contributed by atoms with Crippen LogP contribution >= 0.6 is 12.4 Å². The molecule has 2 N–H and O–H groups in total. The van der Waals surface area contributed by atoms with Gasteiger partial charge >= 0.3 is 0 Å². The van der Waals surface area contributed by atoms with Crippen LogP contribution < -0.4 is 15.4 Å². The van der Waals surface area contributed by atoms with E-state index in [2.05, 4.69) is 10.6 Å². The molecular formula is C12H16ClFN2O2. The number of nitrogens with one attached hydrogen (secondary N) is 2. The van der Waals surface area contributed by atoms with E-state index < -0.39 is 0 Å². The lowest BCUT2D eigenvalue weighted by Crippen LogP contribution is -2.48. The van der Waals surface area contributed by atoms with Crippen LogP contribution in [0.4, 0.5) is 4.39 Å². The lowest BCUT2D eigenvalue weighted by molar-refractivity contribution is -0.123. The topological polar surface area (TPSA) is 50.4 Å². The van der Waals surface area contributed by atoms with Gasteiger partial charge in [-0.15, -0.1) is 12.4 Å². The number of ether oxygens (including phenoxy) is 1. The van der Waals surface area contributed by atoms with E-state index in [-0.39, 0.29) is 30.7 Å². The number of hydrogen-bond donors (Lipinski definition) is 2. The van der Waals surface area contributed by atoms with Crippen molar-refractivity contribution in [3.63, 3.8) is 0 Å². The fraction of sp³-hybridized carbons (Fsp3) is 0.417. The molecule has 0 saturated carbocycles. The molecule has 1 amide bonds. The number of benzene rings is 1. The van der Waals surface area contributed by atoms with Crippen LogP contribution in [0.5, 0.6) is 5.75 Å². The SMILES string of the molecule is Cl.O=C(COc1cccc(F)c1)NCC1CNC1. The van der Waals surface area contributed by atoms with Gasteiger partial charge < -0.3 is 15.4 Å². The monoisotopic (exact) mass is 274 g/mol. The quantitative estimate of drug-likeness (QED) is 0.841. The molecule has 6 heteroatoms. The van der Waals surface area contributed by atoms with E-state index in [1.54, 1.807) is 12.1 Å². The molecule has 1 aromatic carbocycles. The summed E-state index contributed by atoms with van der Waals surface area (Å²) in [4.78, 5) is 11.4. The van der Waals surface area contributed by atoms with E-state index in [1.807, 2.05) is 0 Å². The molecule has 1 saturated heterocycles. The summed E-state index contributed by atoms with van der Waals surface area (Å²) < 4.78 is 18.0.